The standard InChI is InChI=1S/C11H12BrClO5S/c1-17-3-2-4-18-11(14)8-5-9(12)7-10(6-8)19(13,15)16/h5-7H,2-4H2,1H3. The number of halogens is 2. The molecule has 0 aliphatic rings. The van der Waals surface area contributed by atoms with Crippen molar-refractivity contribution < 1.29 is 22.7 Å². The van der Waals surface area contributed by atoms with E-state index in [1.807, 2.05) is 0 Å². The Morgan fingerprint density at radius 2 is 2.00 bits per heavy atom. The van der Waals surface area contributed by atoms with Crippen LogP contribution < -0.4 is 0 Å². The summed E-state index contributed by atoms with van der Waals surface area (Å²) in [5.74, 6) is -0.612. The molecule has 1 rings (SSSR count). The maximum Gasteiger partial charge on any atom is 0.338 e. The molecule has 0 aliphatic heterocycles. The van der Waals surface area contributed by atoms with Crippen molar-refractivity contribution in [1.82, 2.24) is 0 Å². The third kappa shape index (κ3) is 5.48. The summed E-state index contributed by atoms with van der Waals surface area (Å²) in [5, 5.41) is 0. The first kappa shape index (κ1) is 16.4. The average Bonchev–Trinajstić information content (AvgIpc) is 2.32. The lowest BCUT2D eigenvalue weighted by Gasteiger charge is -2.06. The Hall–Kier alpha value is -0.630. The summed E-state index contributed by atoms with van der Waals surface area (Å²) < 4.78 is 32.7. The lowest BCUT2D eigenvalue weighted by molar-refractivity contribution is 0.0468. The SMILES string of the molecule is COCCCOC(=O)c1cc(Br)cc(S(=O)(=O)Cl)c1. The number of esters is 1. The zero-order chi connectivity index (χ0) is 14.5. The number of carbonyl (C=O) groups excluding carboxylic acids is 1. The van der Waals surface area contributed by atoms with E-state index in [1.54, 1.807) is 7.11 Å². The summed E-state index contributed by atoms with van der Waals surface area (Å²) in [7, 11) is 2.89. The van der Waals surface area contributed by atoms with E-state index in [0.717, 1.165) is 0 Å². The number of benzene rings is 1. The third-order valence-electron chi connectivity index (χ3n) is 2.11. The molecular weight excluding hydrogens is 360 g/mol. The minimum atomic E-state index is -3.90. The fourth-order valence-electron chi connectivity index (χ4n) is 1.27. The summed E-state index contributed by atoms with van der Waals surface area (Å²) >= 11 is 3.12. The maximum atomic E-state index is 11.7. The van der Waals surface area contributed by atoms with Gasteiger partial charge in [0.2, 0.25) is 0 Å². The van der Waals surface area contributed by atoms with Crippen molar-refractivity contribution in [3.63, 3.8) is 0 Å². The molecule has 0 heterocycles. The molecule has 106 valence electrons. The van der Waals surface area contributed by atoms with Gasteiger partial charge >= 0.3 is 5.97 Å². The first-order valence-electron chi connectivity index (χ1n) is 5.26. The highest BCUT2D eigenvalue weighted by molar-refractivity contribution is 9.10. The highest BCUT2D eigenvalue weighted by Gasteiger charge is 2.16. The quantitative estimate of drug-likeness (QED) is 0.437. The van der Waals surface area contributed by atoms with Crippen molar-refractivity contribution in [3.05, 3.63) is 28.2 Å². The van der Waals surface area contributed by atoms with Crippen molar-refractivity contribution >= 4 is 41.6 Å². The number of hydrogen-bond donors (Lipinski definition) is 0. The van der Waals surface area contributed by atoms with Crippen LogP contribution in [0.2, 0.25) is 0 Å². The van der Waals surface area contributed by atoms with Gasteiger partial charge in [-0.25, -0.2) is 13.2 Å². The van der Waals surface area contributed by atoms with E-state index in [0.29, 0.717) is 17.5 Å². The normalized spacial score (nSPS) is 11.3. The van der Waals surface area contributed by atoms with Crippen LogP contribution in [0.1, 0.15) is 16.8 Å². The van der Waals surface area contributed by atoms with Crippen molar-refractivity contribution in [2.75, 3.05) is 20.3 Å². The van der Waals surface area contributed by atoms with Crippen LogP contribution in [0.25, 0.3) is 0 Å². The maximum absolute atomic E-state index is 11.7. The molecular formula is C11H12BrClO5S. The zero-order valence-corrected chi connectivity index (χ0v) is 13.2. The van der Waals surface area contributed by atoms with Gasteiger partial charge in [0.15, 0.2) is 0 Å². The molecule has 5 nitrogen and oxygen atoms in total. The van der Waals surface area contributed by atoms with Crippen molar-refractivity contribution in [2.24, 2.45) is 0 Å². The first-order chi connectivity index (χ1) is 8.84. The van der Waals surface area contributed by atoms with E-state index in [-0.39, 0.29) is 17.1 Å². The predicted molar refractivity (Wildman–Crippen MR) is 74.0 cm³/mol. The van der Waals surface area contributed by atoms with Gasteiger partial charge in [-0.1, -0.05) is 15.9 Å². The van der Waals surface area contributed by atoms with E-state index in [4.69, 9.17) is 20.2 Å². The van der Waals surface area contributed by atoms with Gasteiger partial charge in [0.05, 0.1) is 17.1 Å². The summed E-state index contributed by atoms with van der Waals surface area (Å²) in [6.07, 6.45) is 0.566. The van der Waals surface area contributed by atoms with Crippen LogP contribution >= 0.6 is 26.6 Å². The van der Waals surface area contributed by atoms with Crippen molar-refractivity contribution in [3.8, 4) is 0 Å². The Kier molecular flexibility index (Phi) is 6.25. The van der Waals surface area contributed by atoms with Crippen LogP contribution in [0.3, 0.4) is 0 Å². The lowest BCUT2D eigenvalue weighted by atomic mass is 10.2. The minimum Gasteiger partial charge on any atom is -0.462 e. The minimum absolute atomic E-state index is 0.117. The second kappa shape index (κ2) is 7.23. The Morgan fingerprint density at radius 1 is 1.32 bits per heavy atom. The largest absolute Gasteiger partial charge is 0.462 e. The molecule has 0 aromatic heterocycles. The Labute approximate surface area is 124 Å². The first-order valence-corrected chi connectivity index (χ1v) is 8.36. The molecule has 0 N–H and O–H groups in total. The van der Waals surface area contributed by atoms with Crippen LogP contribution in [-0.2, 0) is 18.5 Å². The van der Waals surface area contributed by atoms with Gasteiger partial charge in [-0.15, -0.1) is 0 Å². The van der Waals surface area contributed by atoms with Gasteiger partial charge in [-0.05, 0) is 18.2 Å². The van der Waals surface area contributed by atoms with E-state index in [2.05, 4.69) is 15.9 Å². The van der Waals surface area contributed by atoms with Crippen LogP contribution in [0.4, 0.5) is 0 Å². The van der Waals surface area contributed by atoms with Gasteiger partial charge in [0.25, 0.3) is 9.05 Å². The van der Waals surface area contributed by atoms with Gasteiger partial charge < -0.3 is 9.47 Å². The summed E-state index contributed by atoms with van der Waals surface area (Å²) in [4.78, 5) is 11.6. The zero-order valence-electron chi connectivity index (χ0n) is 10.1. The van der Waals surface area contributed by atoms with E-state index >= 15 is 0 Å². The molecule has 0 bridgehead atoms. The highest BCUT2D eigenvalue weighted by atomic mass is 79.9. The fourth-order valence-corrected chi connectivity index (χ4v) is 2.72. The number of ether oxygens (including phenoxy) is 2. The van der Waals surface area contributed by atoms with Gasteiger partial charge in [-0.2, -0.15) is 0 Å². The van der Waals surface area contributed by atoms with E-state index in [1.165, 1.54) is 18.2 Å². The Balaban J connectivity index is 2.83. The van der Waals surface area contributed by atoms with E-state index in [9.17, 15) is 13.2 Å². The van der Waals surface area contributed by atoms with E-state index < -0.39 is 15.0 Å². The molecule has 0 radical (unpaired) electrons. The highest BCUT2D eigenvalue weighted by Crippen LogP contribution is 2.22. The molecule has 0 spiro atoms. The molecule has 0 amide bonds. The molecule has 1 aromatic carbocycles. The molecule has 0 aliphatic carbocycles. The van der Waals surface area contributed by atoms with Gasteiger partial charge in [0.1, 0.15) is 0 Å². The Morgan fingerprint density at radius 3 is 2.58 bits per heavy atom. The molecule has 1 aromatic rings. The van der Waals surface area contributed by atoms with Crippen LogP contribution in [-0.4, -0.2) is 34.7 Å². The van der Waals surface area contributed by atoms with Gasteiger partial charge in [0, 0.05) is 35.3 Å². The lowest BCUT2D eigenvalue weighted by Crippen LogP contribution is -2.09. The topological polar surface area (TPSA) is 69.7 Å². The fraction of sp³-hybridized carbons (Fsp3) is 0.364. The van der Waals surface area contributed by atoms with Crippen molar-refractivity contribution in [1.29, 1.82) is 0 Å². The van der Waals surface area contributed by atoms with Crippen LogP contribution in [0.15, 0.2) is 27.6 Å². The van der Waals surface area contributed by atoms with Crippen LogP contribution in [0, 0.1) is 0 Å². The molecule has 19 heavy (non-hydrogen) atoms. The second-order valence-electron chi connectivity index (χ2n) is 3.60. The molecule has 0 atom stereocenters. The molecule has 0 saturated carbocycles. The number of rotatable bonds is 6. The summed E-state index contributed by atoms with van der Waals surface area (Å²) in [6.45, 7) is 0.676. The smallest absolute Gasteiger partial charge is 0.338 e. The van der Waals surface area contributed by atoms with Crippen LogP contribution in [0.5, 0.6) is 0 Å². The van der Waals surface area contributed by atoms with Gasteiger partial charge in [-0.3, -0.25) is 0 Å². The Bertz CT molecular complexity index is 558. The summed E-state index contributed by atoms with van der Waals surface area (Å²) in [5.41, 5.74) is 0.117. The average molecular weight is 372 g/mol. The molecule has 0 fully saturated rings. The summed E-state index contributed by atoms with van der Waals surface area (Å²) in [6, 6.07) is 3.94. The molecule has 8 heteroatoms. The number of hydrogen-bond acceptors (Lipinski definition) is 5. The monoisotopic (exact) mass is 370 g/mol. The third-order valence-corrected chi connectivity index (χ3v) is 3.91. The number of carbonyl (C=O) groups is 1. The second-order valence-corrected chi connectivity index (χ2v) is 7.08. The predicted octanol–water partition coefficient (Wildman–Crippen LogP) is 2.57. The molecule has 0 unspecified atom stereocenters. The van der Waals surface area contributed by atoms with Crippen molar-refractivity contribution in [2.45, 2.75) is 11.3 Å². The molecule has 0 saturated heterocycles. The number of methoxy groups -OCH3 is 1.